The lowest BCUT2D eigenvalue weighted by molar-refractivity contribution is -0.116. The van der Waals surface area contributed by atoms with Crippen LogP contribution in [0.4, 0.5) is 5.82 Å². The number of ether oxygens (including phenoxy) is 1. The van der Waals surface area contributed by atoms with Crippen LogP contribution in [0.1, 0.15) is 38.2 Å². The van der Waals surface area contributed by atoms with Gasteiger partial charge in [0.1, 0.15) is 5.82 Å². The predicted octanol–water partition coefficient (Wildman–Crippen LogP) is 1.87. The highest BCUT2D eigenvalue weighted by molar-refractivity contribution is 5.90. The lowest BCUT2D eigenvalue weighted by Gasteiger charge is -2.09. The van der Waals surface area contributed by atoms with Crippen LogP contribution in [0.5, 0.6) is 0 Å². The number of carbonyl (C=O) groups excluding carboxylic acids is 1. The van der Waals surface area contributed by atoms with Crippen LogP contribution in [0.2, 0.25) is 0 Å². The average molecular weight is 237 g/mol. The summed E-state index contributed by atoms with van der Waals surface area (Å²) in [6.07, 6.45) is 6.39. The lowest BCUT2D eigenvalue weighted by atomic mass is 10.1. The van der Waals surface area contributed by atoms with Crippen molar-refractivity contribution in [3.63, 3.8) is 0 Å². The SMILES string of the molecule is CCc1cn[nH]c1NC(=O)CCC1CCCO1. The van der Waals surface area contributed by atoms with Crippen LogP contribution in [-0.2, 0) is 16.0 Å². The molecule has 1 saturated heterocycles. The first-order valence-corrected chi connectivity index (χ1v) is 6.23. The van der Waals surface area contributed by atoms with Crippen molar-refractivity contribution in [3.05, 3.63) is 11.8 Å². The molecule has 0 spiro atoms. The fraction of sp³-hybridized carbons (Fsp3) is 0.667. The maximum Gasteiger partial charge on any atom is 0.225 e. The minimum Gasteiger partial charge on any atom is -0.378 e. The fourth-order valence-corrected chi connectivity index (χ4v) is 2.05. The second kappa shape index (κ2) is 5.82. The maximum absolute atomic E-state index is 11.7. The van der Waals surface area contributed by atoms with Crippen molar-refractivity contribution in [3.8, 4) is 0 Å². The van der Waals surface area contributed by atoms with Crippen molar-refractivity contribution in [2.45, 2.75) is 45.1 Å². The molecule has 5 heteroatoms. The van der Waals surface area contributed by atoms with E-state index in [0.717, 1.165) is 43.7 Å². The Balaban J connectivity index is 1.76. The van der Waals surface area contributed by atoms with Gasteiger partial charge in [-0.1, -0.05) is 6.92 Å². The summed E-state index contributed by atoms with van der Waals surface area (Å²) < 4.78 is 5.48. The number of rotatable bonds is 5. The topological polar surface area (TPSA) is 67.0 Å². The van der Waals surface area contributed by atoms with Gasteiger partial charge in [0.25, 0.3) is 0 Å². The molecule has 1 unspecified atom stereocenters. The smallest absolute Gasteiger partial charge is 0.225 e. The lowest BCUT2D eigenvalue weighted by Crippen LogP contribution is -2.16. The van der Waals surface area contributed by atoms with E-state index in [0.29, 0.717) is 6.42 Å². The number of anilines is 1. The first-order chi connectivity index (χ1) is 8.29. The van der Waals surface area contributed by atoms with Gasteiger partial charge in [0, 0.05) is 18.6 Å². The van der Waals surface area contributed by atoms with E-state index in [-0.39, 0.29) is 12.0 Å². The molecule has 1 aliphatic heterocycles. The highest BCUT2D eigenvalue weighted by Gasteiger charge is 2.17. The monoisotopic (exact) mass is 237 g/mol. The fourth-order valence-electron chi connectivity index (χ4n) is 2.05. The summed E-state index contributed by atoms with van der Waals surface area (Å²) in [6.45, 7) is 2.87. The van der Waals surface area contributed by atoms with Gasteiger partial charge in [-0.15, -0.1) is 0 Å². The van der Waals surface area contributed by atoms with E-state index in [9.17, 15) is 4.79 Å². The summed E-state index contributed by atoms with van der Waals surface area (Å²) in [6, 6.07) is 0. The van der Waals surface area contributed by atoms with E-state index >= 15 is 0 Å². The van der Waals surface area contributed by atoms with Crippen molar-refractivity contribution in [1.29, 1.82) is 0 Å². The minimum atomic E-state index is 0.0273. The average Bonchev–Trinajstić information content (AvgIpc) is 2.97. The molecular weight excluding hydrogens is 218 g/mol. The molecule has 0 aliphatic carbocycles. The molecule has 0 bridgehead atoms. The Morgan fingerprint density at radius 3 is 3.29 bits per heavy atom. The molecule has 94 valence electrons. The van der Waals surface area contributed by atoms with Gasteiger partial charge in [-0.05, 0) is 25.7 Å². The minimum absolute atomic E-state index is 0.0273. The van der Waals surface area contributed by atoms with Gasteiger partial charge in [0.2, 0.25) is 5.91 Å². The molecule has 2 heterocycles. The van der Waals surface area contributed by atoms with Crippen LogP contribution in [0.3, 0.4) is 0 Å². The van der Waals surface area contributed by atoms with Crippen molar-refractivity contribution in [2.24, 2.45) is 0 Å². The van der Waals surface area contributed by atoms with Crippen LogP contribution in [0.25, 0.3) is 0 Å². The first kappa shape index (κ1) is 12.1. The van der Waals surface area contributed by atoms with Crippen LogP contribution in [-0.4, -0.2) is 28.8 Å². The Bertz CT molecular complexity index is 370. The number of hydrogen-bond donors (Lipinski definition) is 2. The van der Waals surface area contributed by atoms with E-state index in [1.807, 2.05) is 6.92 Å². The van der Waals surface area contributed by atoms with Gasteiger partial charge in [0.05, 0.1) is 12.3 Å². The molecule has 1 fully saturated rings. The zero-order valence-corrected chi connectivity index (χ0v) is 10.2. The van der Waals surface area contributed by atoms with Crippen LogP contribution in [0, 0.1) is 0 Å². The molecule has 1 aromatic heterocycles. The summed E-state index contributed by atoms with van der Waals surface area (Å²) in [4.78, 5) is 11.7. The van der Waals surface area contributed by atoms with Gasteiger partial charge in [-0.25, -0.2) is 0 Å². The molecule has 5 nitrogen and oxygen atoms in total. The largest absolute Gasteiger partial charge is 0.378 e. The molecule has 1 atom stereocenters. The second-order valence-electron chi connectivity index (χ2n) is 4.35. The summed E-state index contributed by atoms with van der Waals surface area (Å²) in [5.41, 5.74) is 1.04. The highest BCUT2D eigenvalue weighted by Crippen LogP contribution is 2.17. The van der Waals surface area contributed by atoms with Crippen LogP contribution < -0.4 is 5.32 Å². The zero-order chi connectivity index (χ0) is 12.1. The van der Waals surface area contributed by atoms with Gasteiger partial charge < -0.3 is 10.1 Å². The quantitative estimate of drug-likeness (QED) is 0.821. The predicted molar refractivity (Wildman–Crippen MR) is 64.8 cm³/mol. The number of nitrogens with one attached hydrogen (secondary N) is 2. The third-order valence-electron chi connectivity index (χ3n) is 3.08. The van der Waals surface area contributed by atoms with Gasteiger partial charge in [-0.3, -0.25) is 9.89 Å². The van der Waals surface area contributed by atoms with E-state index < -0.39 is 0 Å². The van der Waals surface area contributed by atoms with Gasteiger partial charge in [0.15, 0.2) is 0 Å². The standard InChI is InChI=1S/C12H19N3O2/c1-2-9-8-13-15-12(9)14-11(16)6-5-10-4-3-7-17-10/h8,10H,2-7H2,1H3,(H2,13,14,15,16). The van der Waals surface area contributed by atoms with Crippen molar-refractivity contribution < 1.29 is 9.53 Å². The Hall–Kier alpha value is -1.36. The van der Waals surface area contributed by atoms with Gasteiger partial charge in [-0.2, -0.15) is 5.10 Å². The Morgan fingerprint density at radius 1 is 1.71 bits per heavy atom. The van der Waals surface area contributed by atoms with Crippen molar-refractivity contribution >= 4 is 11.7 Å². The number of H-pyrrole nitrogens is 1. The number of amides is 1. The maximum atomic E-state index is 11.7. The summed E-state index contributed by atoms with van der Waals surface area (Å²) in [7, 11) is 0. The van der Waals surface area contributed by atoms with Crippen LogP contribution >= 0.6 is 0 Å². The molecule has 1 amide bonds. The molecule has 1 aliphatic rings. The molecule has 2 N–H and O–H groups in total. The van der Waals surface area contributed by atoms with E-state index in [1.54, 1.807) is 6.20 Å². The molecule has 0 radical (unpaired) electrons. The normalized spacial score (nSPS) is 19.5. The van der Waals surface area contributed by atoms with E-state index in [2.05, 4.69) is 15.5 Å². The Kier molecular flexibility index (Phi) is 4.14. The number of nitrogens with zero attached hydrogens (tertiary/aromatic N) is 1. The van der Waals surface area contributed by atoms with E-state index in [4.69, 9.17) is 4.74 Å². The molecular formula is C12H19N3O2. The summed E-state index contributed by atoms with van der Waals surface area (Å²) in [5, 5.41) is 9.57. The van der Waals surface area contributed by atoms with Crippen molar-refractivity contribution in [1.82, 2.24) is 10.2 Å². The highest BCUT2D eigenvalue weighted by atomic mass is 16.5. The third-order valence-corrected chi connectivity index (χ3v) is 3.08. The molecule has 2 rings (SSSR count). The molecule has 0 saturated carbocycles. The summed E-state index contributed by atoms with van der Waals surface area (Å²) >= 11 is 0. The Morgan fingerprint density at radius 2 is 2.59 bits per heavy atom. The number of hydrogen-bond acceptors (Lipinski definition) is 3. The number of aromatic nitrogens is 2. The second-order valence-corrected chi connectivity index (χ2v) is 4.35. The third kappa shape index (κ3) is 3.30. The van der Waals surface area contributed by atoms with Crippen LogP contribution in [0.15, 0.2) is 6.20 Å². The number of aryl methyl sites for hydroxylation is 1. The number of carbonyl (C=O) groups is 1. The number of aromatic amines is 1. The van der Waals surface area contributed by atoms with E-state index in [1.165, 1.54) is 0 Å². The van der Waals surface area contributed by atoms with Gasteiger partial charge >= 0.3 is 0 Å². The molecule has 17 heavy (non-hydrogen) atoms. The zero-order valence-electron chi connectivity index (χ0n) is 10.2. The van der Waals surface area contributed by atoms with Crippen molar-refractivity contribution in [2.75, 3.05) is 11.9 Å². The first-order valence-electron chi connectivity index (χ1n) is 6.23. The molecule has 0 aromatic carbocycles. The Labute approximate surface area is 101 Å². The summed E-state index contributed by atoms with van der Waals surface area (Å²) in [5.74, 6) is 0.754. The molecule has 1 aromatic rings.